The van der Waals surface area contributed by atoms with Crippen LogP contribution in [0.5, 0.6) is 0 Å². The average molecular weight is 163 g/mol. The second kappa shape index (κ2) is 7.38. The number of rotatable bonds is 6. The largest absolute Gasteiger partial charge is 0.395 e. The summed E-state index contributed by atoms with van der Waals surface area (Å²) in [5.74, 6) is 2.21. The standard InChI is InChI=1S/C7H17NOS/c1-3-4-10-6-7(5-9)8-2/h7-9H,3-6H2,1-2H3. The molecule has 0 radical (unpaired) electrons. The van der Waals surface area contributed by atoms with Gasteiger partial charge in [-0.2, -0.15) is 11.8 Å². The fourth-order valence-electron chi connectivity index (χ4n) is 0.597. The van der Waals surface area contributed by atoms with E-state index in [4.69, 9.17) is 5.11 Å². The number of aliphatic hydroxyl groups is 1. The third kappa shape index (κ3) is 5.09. The molecule has 0 bridgehead atoms. The number of aliphatic hydroxyl groups excluding tert-OH is 1. The van der Waals surface area contributed by atoms with Crippen molar-refractivity contribution in [2.45, 2.75) is 19.4 Å². The Kier molecular flexibility index (Phi) is 7.58. The highest BCUT2D eigenvalue weighted by molar-refractivity contribution is 7.99. The summed E-state index contributed by atoms with van der Waals surface area (Å²) >= 11 is 1.89. The molecule has 0 aromatic rings. The fourth-order valence-corrected chi connectivity index (χ4v) is 1.61. The smallest absolute Gasteiger partial charge is 0.0592 e. The summed E-state index contributed by atoms with van der Waals surface area (Å²) in [6.07, 6.45) is 1.21. The van der Waals surface area contributed by atoms with E-state index < -0.39 is 0 Å². The lowest BCUT2D eigenvalue weighted by Crippen LogP contribution is -2.31. The van der Waals surface area contributed by atoms with Crippen molar-refractivity contribution >= 4 is 11.8 Å². The first kappa shape index (κ1) is 10.3. The van der Waals surface area contributed by atoms with Crippen molar-refractivity contribution in [3.8, 4) is 0 Å². The van der Waals surface area contributed by atoms with Crippen molar-refractivity contribution < 1.29 is 5.11 Å². The molecule has 1 atom stereocenters. The summed E-state index contributed by atoms with van der Waals surface area (Å²) in [6, 6.07) is 0.275. The molecule has 0 rings (SSSR count). The van der Waals surface area contributed by atoms with Crippen LogP contribution in [-0.2, 0) is 0 Å². The lowest BCUT2D eigenvalue weighted by atomic mass is 10.4. The van der Waals surface area contributed by atoms with E-state index in [1.54, 1.807) is 0 Å². The Hall–Kier alpha value is 0.270. The second-order valence-corrected chi connectivity index (χ2v) is 3.39. The number of nitrogens with one attached hydrogen (secondary N) is 1. The van der Waals surface area contributed by atoms with Gasteiger partial charge in [0.15, 0.2) is 0 Å². The fraction of sp³-hybridized carbons (Fsp3) is 1.00. The lowest BCUT2D eigenvalue weighted by molar-refractivity contribution is 0.260. The monoisotopic (exact) mass is 163 g/mol. The highest BCUT2D eigenvalue weighted by Gasteiger charge is 2.01. The molecule has 0 fully saturated rings. The van der Waals surface area contributed by atoms with Crippen LogP contribution in [0.3, 0.4) is 0 Å². The van der Waals surface area contributed by atoms with E-state index in [1.165, 1.54) is 12.2 Å². The molecule has 1 unspecified atom stereocenters. The van der Waals surface area contributed by atoms with Gasteiger partial charge in [0.05, 0.1) is 6.61 Å². The summed E-state index contributed by atoms with van der Waals surface area (Å²) < 4.78 is 0. The molecule has 0 aliphatic heterocycles. The molecule has 0 heterocycles. The first-order chi connectivity index (χ1) is 4.85. The molecule has 0 aromatic heterocycles. The van der Waals surface area contributed by atoms with Gasteiger partial charge in [-0.15, -0.1) is 0 Å². The first-order valence-electron chi connectivity index (χ1n) is 3.71. The molecule has 0 saturated carbocycles. The van der Waals surface area contributed by atoms with Crippen molar-refractivity contribution in [1.82, 2.24) is 5.32 Å². The summed E-state index contributed by atoms with van der Waals surface area (Å²) in [5.41, 5.74) is 0. The van der Waals surface area contributed by atoms with Gasteiger partial charge in [-0.25, -0.2) is 0 Å². The van der Waals surface area contributed by atoms with Crippen LogP contribution in [0.15, 0.2) is 0 Å². The molecule has 0 aliphatic rings. The van der Waals surface area contributed by atoms with E-state index in [-0.39, 0.29) is 12.6 Å². The molecular formula is C7H17NOS. The lowest BCUT2D eigenvalue weighted by Gasteiger charge is -2.11. The van der Waals surface area contributed by atoms with Gasteiger partial charge in [-0.05, 0) is 19.2 Å². The molecule has 2 nitrogen and oxygen atoms in total. The quantitative estimate of drug-likeness (QED) is 0.566. The summed E-state index contributed by atoms with van der Waals surface area (Å²) in [5, 5.41) is 11.8. The maximum atomic E-state index is 8.75. The van der Waals surface area contributed by atoms with E-state index in [0.29, 0.717) is 0 Å². The van der Waals surface area contributed by atoms with Gasteiger partial charge in [-0.1, -0.05) is 6.92 Å². The van der Waals surface area contributed by atoms with Gasteiger partial charge < -0.3 is 10.4 Å². The van der Waals surface area contributed by atoms with Crippen LogP contribution in [0, 0.1) is 0 Å². The Labute approximate surface area is 67.4 Å². The topological polar surface area (TPSA) is 32.3 Å². The van der Waals surface area contributed by atoms with E-state index in [1.807, 2.05) is 18.8 Å². The summed E-state index contributed by atoms with van der Waals surface area (Å²) in [6.45, 7) is 2.41. The molecule has 62 valence electrons. The summed E-state index contributed by atoms with van der Waals surface area (Å²) in [7, 11) is 1.88. The van der Waals surface area contributed by atoms with Gasteiger partial charge >= 0.3 is 0 Å². The number of hydrogen-bond donors (Lipinski definition) is 2. The number of thioether (sulfide) groups is 1. The molecule has 0 aliphatic carbocycles. The second-order valence-electron chi connectivity index (χ2n) is 2.24. The minimum atomic E-state index is 0.243. The van der Waals surface area contributed by atoms with Crippen molar-refractivity contribution in [3.05, 3.63) is 0 Å². The predicted octanol–water partition coefficient (Wildman–Crippen LogP) is 0.710. The van der Waals surface area contributed by atoms with Gasteiger partial charge in [0.25, 0.3) is 0 Å². The minimum Gasteiger partial charge on any atom is -0.395 e. The van der Waals surface area contributed by atoms with Crippen LogP contribution < -0.4 is 5.32 Å². The van der Waals surface area contributed by atoms with Crippen LogP contribution in [0.2, 0.25) is 0 Å². The number of hydrogen-bond acceptors (Lipinski definition) is 3. The normalized spacial score (nSPS) is 13.5. The number of likely N-dealkylation sites (N-methyl/N-ethyl adjacent to an activating group) is 1. The van der Waals surface area contributed by atoms with Crippen molar-refractivity contribution in [3.63, 3.8) is 0 Å². The SMILES string of the molecule is CCCSCC(CO)NC. The Morgan fingerprint density at radius 1 is 1.60 bits per heavy atom. The zero-order valence-corrected chi connectivity index (χ0v) is 7.58. The molecule has 0 amide bonds. The maximum absolute atomic E-state index is 8.75. The van der Waals surface area contributed by atoms with Crippen LogP contribution in [0.25, 0.3) is 0 Å². The van der Waals surface area contributed by atoms with Crippen molar-refractivity contribution in [1.29, 1.82) is 0 Å². The molecule has 10 heavy (non-hydrogen) atoms. The van der Waals surface area contributed by atoms with E-state index >= 15 is 0 Å². The zero-order chi connectivity index (χ0) is 7.82. The molecule has 0 saturated heterocycles. The van der Waals surface area contributed by atoms with Crippen LogP contribution in [0.1, 0.15) is 13.3 Å². The molecule has 3 heteroatoms. The Bertz CT molecular complexity index is 66.6. The van der Waals surface area contributed by atoms with Gasteiger partial charge in [0.1, 0.15) is 0 Å². The Morgan fingerprint density at radius 2 is 2.30 bits per heavy atom. The Morgan fingerprint density at radius 3 is 2.70 bits per heavy atom. The Balaban J connectivity index is 3.09. The van der Waals surface area contributed by atoms with Crippen LogP contribution in [-0.4, -0.2) is 36.3 Å². The molecular weight excluding hydrogens is 146 g/mol. The van der Waals surface area contributed by atoms with Gasteiger partial charge in [0.2, 0.25) is 0 Å². The highest BCUT2D eigenvalue weighted by atomic mass is 32.2. The van der Waals surface area contributed by atoms with E-state index in [2.05, 4.69) is 12.2 Å². The first-order valence-corrected chi connectivity index (χ1v) is 4.86. The minimum absolute atomic E-state index is 0.243. The molecule has 2 N–H and O–H groups in total. The maximum Gasteiger partial charge on any atom is 0.0592 e. The van der Waals surface area contributed by atoms with Crippen molar-refractivity contribution in [2.24, 2.45) is 0 Å². The van der Waals surface area contributed by atoms with Gasteiger partial charge in [-0.3, -0.25) is 0 Å². The predicted molar refractivity (Wildman–Crippen MR) is 47.5 cm³/mol. The zero-order valence-electron chi connectivity index (χ0n) is 6.76. The highest BCUT2D eigenvalue weighted by Crippen LogP contribution is 2.03. The van der Waals surface area contributed by atoms with Crippen LogP contribution in [0.4, 0.5) is 0 Å². The van der Waals surface area contributed by atoms with E-state index in [9.17, 15) is 0 Å². The molecule has 0 spiro atoms. The summed E-state index contributed by atoms with van der Waals surface area (Å²) in [4.78, 5) is 0. The third-order valence-electron chi connectivity index (χ3n) is 1.30. The molecule has 0 aromatic carbocycles. The van der Waals surface area contributed by atoms with Crippen molar-refractivity contribution in [2.75, 3.05) is 25.2 Å². The average Bonchev–Trinajstić information content (AvgIpc) is 1.99. The van der Waals surface area contributed by atoms with E-state index in [0.717, 1.165) is 5.75 Å². The van der Waals surface area contributed by atoms with Gasteiger partial charge in [0, 0.05) is 11.8 Å². The third-order valence-corrected chi connectivity index (χ3v) is 2.63. The van der Waals surface area contributed by atoms with Crippen LogP contribution >= 0.6 is 11.8 Å².